The molecule has 0 fully saturated rings. The SMILES string of the molecule is COCCOC(=O)CCN(CCOC)CCOC(=O)CCCCCCCNC(=O)OCCOC(=O)CCCCCCCNC(=O)OCCN(CCOC)CCC(=O)OCCOC.N#COCCCCCCCC(=O)OCCOC(=O)NCCCCCCN=C=O.N#COCCCCCCN=C=O.O=C(CCN(CCO)CCO)OCCO.OCCO.[2H]CF. The van der Waals surface area contributed by atoms with Crippen LogP contribution in [0.15, 0.2) is 9.98 Å². The van der Waals surface area contributed by atoms with Gasteiger partial charge in [-0.25, -0.2) is 34.0 Å². The highest BCUT2D eigenvalue weighted by Gasteiger charge is 2.15. The predicted octanol–water partition coefficient (Wildman–Crippen LogP) is 5.39. The number of nitrogens with one attached hydrogen (secondary N) is 3. The van der Waals surface area contributed by atoms with E-state index in [-0.39, 0.29) is 154 Å². The molecule has 0 rings (SSSR count). The molecule has 0 bridgehead atoms. The van der Waals surface area contributed by atoms with Gasteiger partial charge in [0.05, 0.1) is 100 Å². The van der Waals surface area contributed by atoms with Crippen LogP contribution in [-0.2, 0) is 109 Å². The van der Waals surface area contributed by atoms with Crippen LogP contribution in [0.5, 0.6) is 0 Å². The van der Waals surface area contributed by atoms with Crippen LogP contribution >= 0.6 is 0 Å². The number of nitriles is 2. The lowest BCUT2D eigenvalue weighted by molar-refractivity contribution is -0.147. The molecule has 0 aromatic heterocycles. The van der Waals surface area contributed by atoms with Gasteiger partial charge in [-0.1, -0.05) is 77.0 Å². The summed E-state index contributed by atoms with van der Waals surface area (Å²) in [7, 11) is 5.28. The van der Waals surface area contributed by atoms with Gasteiger partial charge in [0, 0.05) is 126 Å². The van der Waals surface area contributed by atoms with Crippen LogP contribution in [0.3, 0.4) is 0 Å². The Hall–Kier alpha value is -8.58. The molecule has 123 heavy (non-hydrogen) atoms. The minimum Gasteiger partial charge on any atom is -0.464 e. The number of unbranched alkanes of at least 4 members (excludes halogenated alkanes) is 18. The molecule has 0 aromatic carbocycles. The zero-order chi connectivity index (χ0) is 93.2. The first-order valence-corrected chi connectivity index (χ1v) is 42.1. The number of alkyl halides is 1. The Kier molecular flexibility index (Phi) is 109. The van der Waals surface area contributed by atoms with Crippen molar-refractivity contribution in [2.45, 2.75) is 186 Å². The van der Waals surface area contributed by atoms with Crippen molar-refractivity contribution in [2.24, 2.45) is 9.98 Å². The van der Waals surface area contributed by atoms with Gasteiger partial charge in [0.2, 0.25) is 12.2 Å². The van der Waals surface area contributed by atoms with Gasteiger partial charge in [-0.2, -0.15) is 10.5 Å². The second-order valence-electron chi connectivity index (χ2n) is 26.1. The van der Waals surface area contributed by atoms with Crippen molar-refractivity contribution in [1.82, 2.24) is 30.7 Å². The highest BCUT2D eigenvalue weighted by molar-refractivity contribution is 5.72. The summed E-state index contributed by atoms with van der Waals surface area (Å²) < 4.78 is 90.2. The molecule has 0 saturated heterocycles. The van der Waals surface area contributed by atoms with Crippen LogP contribution in [0.1, 0.15) is 188 Å². The van der Waals surface area contributed by atoms with E-state index in [1.165, 1.54) is 19.3 Å². The first-order valence-electron chi connectivity index (χ1n) is 42.8. The lowest BCUT2D eigenvalue weighted by atomic mass is 10.1. The summed E-state index contributed by atoms with van der Waals surface area (Å²) in [6.07, 6.45) is 26.3. The van der Waals surface area contributed by atoms with E-state index in [1.807, 2.05) is 9.80 Å². The van der Waals surface area contributed by atoms with Crippen molar-refractivity contribution in [3.05, 3.63) is 0 Å². The third-order valence-corrected chi connectivity index (χ3v) is 16.2. The molecule has 0 aromatic rings. The van der Waals surface area contributed by atoms with Crippen molar-refractivity contribution < 1.29 is 155 Å². The van der Waals surface area contributed by atoms with Gasteiger partial charge >= 0.3 is 54.1 Å². The largest absolute Gasteiger partial charge is 0.464 e. The Morgan fingerprint density at radius 1 is 0.309 bits per heavy atom. The molecule has 0 saturated carbocycles. The van der Waals surface area contributed by atoms with Gasteiger partial charge < -0.3 is 113 Å². The molecular formula is C81H149FN10O31. The van der Waals surface area contributed by atoms with Crippen LogP contribution < -0.4 is 16.0 Å². The third kappa shape index (κ3) is 111. The van der Waals surface area contributed by atoms with Crippen LogP contribution in [-0.4, -0.2) is 366 Å². The van der Waals surface area contributed by atoms with Gasteiger partial charge in [-0.05, 0) is 70.6 Å². The number of hydrogen-bond acceptors (Lipinski definition) is 38. The van der Waals surface area contributed by atoms with E-state index in [0.29, 0.717) is 157 Å². The molecule has 0 aliphatic heterocycles. The number of alkyl carbamates (subject to hydrolysis) is 3. The van der Waals surface area contributed by atoms with E-state index in [9.17, 15) is 57.1 Å². The first-order chi connectivity index (χ1) is 60.3. The third-order valence-electron chi connectivity index (χ3n) is 16.2. The van der Waals surface area contributed by atoms with Crippen molar-refractivity contribution in [3.8, 4) is 12.5 Å². The molecule has 42 heteroatoms. The topological polar surface area (TPSA) is 545 Å². The predicted molar refractivity (Wildman–Crippen MR) is 446 cm³/mol. The Balaban J connectivity index is -0.000000452. The molecule has 8 N–H and O–H groups in total. The van der Waals surface area contributed by atoms with Crippen LogP contribution in [0, 0.1) is 23.0 Å². The van der Waals surface area contributed by atoms with Crippen molar-refractivity contribution in [1.29, 1.82) is 10.5 Å². The molecule has 3 amide bonds. The zero-order valence-corrected chi connectivity index (χ0v) is 73.6. The van der Waals surface area contributed by atoms with Gasteiger partial charge in [0.15, 0.2) is 0 Å². The van der Waals surface area contributed by atoms with E-state index >= 15 is 0 Å². The number of halogens is 1. The fourth-order valence-corrected chi connectivity index (χ4v) is 9.80. The van der Waals surface area contributed by atoms with E-state index in [0.717, 1.165) is 135 Å². The average Bonchev–Trinajstić information content (AvgIpc) is 0.953. The number of carbonyl (C=O) groups is 9. The van der Waals surface area contributed by atoms with E-state index in [4.69, 9.17) is 94.3 Å². The number of hydrogen-bond donors (Lipinski definition) is 8. The number of carbonyl (C=O) groups excluding carboxylic acids is 11. The molecule has 41 nitrogen and oxygen atoms in total. The minimum atomic E-state index is -1.00. The fraction of sp³-hybridized carbons (Fsp3) is 0.840. The van der Waals surface area contributed by atoms with Crippen molar-refractivity contribution in [3.63, 3.8) is 0 Å². The van der Waals surface area contributed by atoms with E-state index in [2.05, 4.69) is 40.1 Å². The average molecular weight is 1780 g/mol. The number of nitrogens with zero attached hydrogens (tertiary/aromatic N) is 7. The van der Waals surface area contributed by atoms with Crippen molar-refractivity contribution >= 4 is 66.3 Å². The molecule has 0 spiro atoms. The summed E-state index contributed by atoms with van der Waals surface area (Å²) in [5, 5.41) is 65.3. The number of esters is 6. The molecular weight excluding hydrogens is 1630 g/mol. The molecule has 716 valence electrons. The van der Waals surface area contributed by atoms with Crippen LogP contribution in [0.4, 0.5) is 18.8 Å². The number of aliphatic imine (C=N–C) groups is 2. The monoisotopic (exact) mass is 1780 g/mol. The van der Waals surface area contributed by atoms with Crippen LogP contribution in [0.2, 0.25) is 0 Å². The first kappa shape index (κ1) is 123. The standard InChI is InChI=1S/C42H78N4O16.C19H31N3O6.C9H19NO5.C8H12N2O2.C2H6O2.CH3F/c1-53-27-23-45(21-17-39(49)58-33-31-55-3)25-29-57-37(47)15-11-7-5-10-14-20-44-42(52)62-36-35-60-38(48)16-12-8-6-9-13-19-43-41(51)61-30-26-46(24-28-54-2)22-18-40(50)59-34-32-56-4;20-16-26-13-9-5-1-2-6-10-18(24)27-14-15-28-19(25)22-12-8-4-3-7-11-21-17-23;11-5-3-10(4-6-12)2-1-9(14)15-8-7-13;9-7-12-6-4-2-1-3-5-10-8-11;3-1-2-4;1-2/h5-36H2,1-4H3,(H,43,51)(H,44,52);1-15H2,(H,22,25);11-13H,1-8H2;1-6H2;3-4H,1-2H2;1H3/i;;;;;1D. The summed E-state index contributed by atoms with van der Waals surface area (Å²) in [5.74, 6) is -1.90. The second-order valence-corrected chi connectivity index (χ2v) is 26.1. The Labute approximate surface area is 727 Å². The van der Waals surface area contributed by atoms with Gasteiger partial charge in [-0.15, -0.1) is 0 Å². The summed E-state index contributed by atoms with van der Waals surface area (Å²) in [5.41, 5.74) is 0. The molecule has 0 atom stereocenters. The van der Waals surface area contributed by atoms with E-state index < -0.39 is 25.4 Å². The van der Waals surface area contributed by atoms with Crippen molar-refractivity contribution in [2.75, 3.05) is 259 Å². The summed E-state index contributed by atoms with van der Waals surface area (Å²) in [4.78, 5) is 138. The summed E-state index contributed by atoms with van der Waals surface area (Å²) >= 11 is 0. The smallest absolute Gasteiger partial charge is 0.407 e. The lowest BCUT2D eigenvalue weighted by Crippen LogP contribution is -2.35. The maximum absolute atomic E-state index is 12.1. The minimum absolute atomic E-state index is 0.00825. The number of ether oxygens (including phenoxy) is 15. The Bertz CT molecular complexity index is 2570. The number of aliphatic hydroxyl groups is 5. The molecule has 0 aliphatic rings. The van der Waals surface area contributed by atoms with Gasteiger partial charge in [0.1, 0.15) is 72.7 Å². The van der Waals surface area contributed by atoms with Gasteiger partial charge in [0.25, 0.3) is 12.5 Å². The lowest BCUT2D eigenvalue weighted by Gasteiger charge is -2.21. The number of isocyanates is 2. The number of rotatable bonds is 78. The highest BCUT2D eigenvalue weighted by atomic mass is 19.1. The fourth-order valence-electron chi connectivity index (χ4n) is 9.80. The number of methoxy groups -OCH3 is 4. The van der Waals surface area contributed by atoms with Gasteiger partial charge in [-0.3, -0.25) is 47.9 Å². The number of aliphatic hydroxyl groups excluding tert-OH is 5. The summed E-state index contributed by atoms with van der Waals surface area (Å²) in [6, 6.07) is 0. The normalized spacial score (nSPS) is 10.3. The highest BCUT2D eigenvalue weighted by Crippen LogP contribution is 2.10. The van der Waals surface area contributed by atoms with E-state index in [1.54, 1.807) is 38.7 Å². The molecule has 0 aliphatic carbocycles. The molecule has 0 radical (unpaired) electrons. The van der Waals surface area contributed by atoms with Crippen LogP contribution in [0.25, 0.3) is 0 Å². The Morgan fingerprint density at radius 3 is 0.886 bits per heavy atom. The second kappa shape index (κ2) is 109. The number of amides is 3. The quantitative estimate of drug-likeness (QED) is 0.00945. The summed E-state index contributed by atoms with van der Waals surface area (Å²) in [6.45, 7) is 9.94. The maximum Gasteiger partial charge on any atom is 0.407 e. The molecule has 0 unspecified atom stereocenters. The molecule has 0 heterocycles. The Morgan fingerprint density at radius 2 is 0.569 bits per heavy atom. The maximum atomic E-state index is 12.1. The zero-order valence-electron chi connectivity index (χ0n) is 74.6.